The summed E-state index contributed by atoms with van der Waals surface area (Å²) in [5.74, 6) is 0. The molecule has 0 fully saturated rings. The Kier molecular flexibility index (Phi) is 4.98. The first-order valence-electron chi connectivity index (χ1n) is 4.60. The highest BCUT2D eigenvalue weighted by Gasteiger charge is 2.21. The fourth-order valence-corrected chi connectivity index (χ4v) is 1.48. The first-order chi connectivity index (χ1) is 8.10. The van der Waals surface area contributed by atoms with Crippen LogP contribution in [-0.2, 0) is 0 Å². The Morgan fingerprint density at radius 3 is 2.94 bits per heavy atom. The van der Waals surface area contributed by atoms with Gasteiger partial charge in [-0.25, -0.2) is 4.98 Å². The number of hydrogen-bond donors (Lipinski definition) is 3. The normalized spacial score (nSPS) is 13.8. The average Bonchev–Trinajstić information content (AvgIpc) is 2.34. The minimum atomic E-state index is -1.44. The number of aromatic amines is 1. The molecule has 0 saturated carbocycles. The summed E-state index contributed by atoms with van der Waals surface area (Å²) < 4.78 is 0. The van der Waals surface area contributed by atoms with E-state index in [1.165, 1.54) is 18.0 Å². The van der Waals surface area contributed by atoms with Crippen LogP contribution in [0.2, 0.25) is 0 Å². The molecule has 2 unspecified atom stereocenters. The third kappa shape index (κ3) is 3.46. The van der Waals surface area contributed by atoms with E-state index in [0.29, 0.717) is 5.16 Å². The predicted octanol–water partition coefficient (Wildman–Crippen LogP) is 0.196. The average molecular weight is 257 g/mol. The van der Waals surface area contributed by atoms with Gasteiger partial charge in [-0.2, -0.15) is 0 Å². The van der Waals surface area contributed by atoms with Crippen molar-refractivity contribution in [1.82, 2.24) is 9.97 Å². The van der Waals surface area contributed by atoms with Gasteiger partial charge in [-0.1, -0.05) is 16.9 Å². The summed E-state index contributed by atoms with van der Waals surface area (Å²) in [6.07, 6.45) is 0.154. The summed E-state index contributed by atoms with van der Waals surface area (Å²) in [7, 11) is 0. The van der Waals surface area contributed by atoms with Crippen LogP contribution in [-0.4, -0.2) is 39.1 Å². The monoisotopic (exact) mass is 257 g/mol. The molecule has 0 aliphatic carbocycles. The predicted molar refractivity (Wildman–Crippen MR) is 61.6 cm³/mol. The van der Waals surface area contributed by atoms with Gasteiger partial charge >= 0.3 is 0 Å². The fourth-order valence-electron chi connectivity index (χ4n) is 1.13. The van der Waals surface area contributed by atoms with Crippen LogP contribution in [0.15, 0.2) is 21.3 Å². The maximum atomic E-state index is 11.5. The van der Waals surface area contributed by atoms with Crippen LogP contribution < -0.4 is 5.56 Å². The fraction of sp³-hybridized carbons (Fsp3) is 0.500. The van der Waals surface area contributed by atoms with Gasteiger partial charge < -0.3 is 15.2 Å². The van der Waals surface area contributed by atoms with Crippen molar-refractivity contribution in [3.05, 3.63) is 32.6 Å². The van der Waals surface area contributed by atoms with Crippen molar-refractivity contribution in [3.8, 4) is 0 Å². The summed E-state index contributed by atoms with van der Waals surface area (Å²) in [4.78, 5) is 20.3. The van der Waals surface area contributed by atoms with Crippen LogP contribution in [0.3, 0.4) is 0 Å². The maximum absolute atomic E-state index is 11.5. The van der Waals surface area contributed by atoms with Crippen molar-refractivity contribution in [2.75, 3.05) is 12.8 Å². The molecule has 0 bridgehead atoms. The Hall–Kier alpha value is -1.54. The first-order valence-corrected chi connectivity index (χ1v) is 5.82. The molecule has 0 aliphatic heterocycles. The van der Waals surface area contributed by atoms with Gasteiger partial charge in [0.25, 0.3) is 5.56 Å². The molecule has 1 aromatic rings. The van der Waals surface area contributed by atoms with Crippen molar-refractivity contribution in [3.63, 3.8) is 0 Å². The van der Waals surface area contributed by atoms with Crippen LogP contribution in [0, 0.1) is 0 Å². The molecule has 0 amide bonds. The molecule has 0 saturated heterocycles. The Bertz CT molecular complexity index is 484. The number of H-pyrrole nitrogens is 1. The SMILES string of the molecule is CSc1ncc(C(O)C(O)CN=[N+]=[N-])c(=O)[nH]1. The second kappa shape index (κ2) is 6.26. The van der Waals surface area contributed by atoms with Crippen molar-refractivity contribution < 1.29 is 10.2 Å². The Balaban J connectivity index is 2.92. The third-order valence-corrected chi connectivity index (χ3v) is 2.61. The molecule has 0 aromatic carbocycles. The molecule has 9 heteroatoms. The minimum Gasteiger partial charge on any atom is -0.390 e. The number of thioether (sulfide) groups is 1. The van der Waals surface area contributed by atoms with E-state index in [4.69, 9.17) is 5.53 Å². The summed E-state index contributed by atoms with van der Waals surface area (Å²) in [5.41, 5.74) is 7.48. The molecule has 1 aromatic heterocycles. The number of azide groups is 1. The van der Waals surface area contributed by atoms with E-state index in [9.17, 15) is 15.0 Å². The maximum Gasteiger partial charge on any atom is 0.257 e. The van der Waals surface area contributed by atoms with E-state index in [2.05, 4.69) is 20.0 Å². The molecule has 1 rings (SSSR count). The molecule has 2 atom stereocenters. The number of aliphatic hydroxyl groups is 2. The zero-order chi connectivity index (χ0) is 12.8. The van der Waals surface area contributed by atoms with E-state index in [1.54, 1.807) is 6.26 Å². The Morgan fingerprint density at radius 2 is 2.41 bits per heavy atom. The van der Waals surface area contributed by atoms with E-state index < -0.39 is 17.8 Å². The van der Waals surface area contributed by atoms with Crippen molar-refractivity contribution in [1.29, 1.82) is 0 Å². The molecule has 17 heavy (non-hydrogen) atoms. The highest BCUT2D eigenvalue weighted by Crippen LogP contribution is 2.14. The first kappa shape index (κ1) is 13.5. The topological polar surface area (TPSA) is 135 Å². The highest BCUT2D eigenvalue weighted by molar-refractivity contribution is 7.98. The van der Waals surface area contributed by atoms with Gasteiger partial charge in [-0.15, -0.1) is 0 Å². The highest BCUT2D eigenvalue weighted by atomic mass is 32.2. The summed E-state index contributed by atoms with van der Waals surface area (Å²) >= 11 is 1.25. The third-order valence-electron chi connectivity index (χ3n) is 2.01. The van der Waals surface area contributed by atoms with E-state index in [-0.39, 0.29) is 12.1 Å². The second-order valence-corrected chi connectivity index (χ2v) is 3.90. The smallest absolute Gasteiger partial charge is 0.257 e. The van der Waals surface area contributed by atoms with Gasteiger partial charge in [0.15, 0.2) is 5.16 Å². The lowest BCUT2D eigenvalue weighted by Gasteiger charge is -2.14. The Labute approximate surface area is 100 Å². The number of aromatic nitrogens is 2. The zero-order valence-electron chi connectivity index (χ0n) is 8.94. The molecular formula is C8H11N5O3S. The largest absolute Gasteiger partial charge is 0.390 e. The number of nitrogens with one attached hydrogen (secondary N) is 1. The van der Waals surface area contributed by atoms with Crippen LogP contribution in [0.1, 0.15) is 11.7 Å². The summed E-state index contributed by atoms with van der Waals surface area (Å²) in [6.45, 7) is -0.318. The van der Waals surface area contributed by atoms with Gasteiger partial charge in [0.1, 0.15) is 6.10 Å². The molecule has 0 spiro atoms. The van der Waals surface area contributed by atoms with Gasteiger partial charge in [0.05, 0.1) is 18.2 Å². The molecule has 1 heterocycles. The van der Waals surface area contributed by atoms with Gasteiger partial charge in [0, 0.05) is 11.1 Å². The number of aliphatic hydroxyl groups excluding tert-OH is 2. The van der Waals surface area contributed by atoms with E-state index in [0.717, 1.165) is 0 Å². The summed E-state index contributed by atoms with van der Waals surface area (Å²) in [6, 6.07) is 0. The van der Waals surface area contributed by atoms with Gasteiger partial charge in [-0.3, -0.25) is 4.79 Å². The number of hydrogen-bond acceptors (Lipinski definition) is 6. The number of nitrogens with zero attached hydrogens (tertiary/aromatic N) is 4. The summed E-state index contributed by atoms with van der Waals surface area (Å²) in [5, 5.41) is 22.6. The van der Waals surface area contributed by atoms with Crippen LogP contribution >= 0.6 is 11.8 Å². The molecule has 0 radical (unpaired) electrons. The van der Waals surface area contributed by atoms with E-state index >= 15 is 0 Å². The van der Waals surface area contributed by atoms with Gasteiger partial charge in [0.2, 0.25) is 0 Å². The minimum absolute atomic E-state index is 0.0663. The second-order valence-electron chi connectivity index (χ2n) is 3.10. The number of rotatable bonds is 5. The van der Waals surface area contributed by atoms with Crippen LogP contribution in [0.25, 0.3) is 10.4 Å². The lowest BCUT2D eigenvalue weighted by Crippen LogP contribution is -2.27. The lowest BCUT2D eigenvalue weighted by atomic mass is 10.1. The molecule has 8 nitrogen and oxygen atoms in total. The van der Waals surface area contributed by atoms with Crippen LogP contribution in [0.5, 0.6) is 0 Å². The molecule has 3 N–H and O–H groups in total. The van der Waals surface area contributed by atoms with Gasteiger partial charge in [-0.05, 0) is 11.8 Å². The molecular weight excluding hydrogens is 246 g/mol. The van der Waals surface area contributed by atoms with E-state index in [1.807, 2.05) is 0 Å². The zero-order valence-corrected chi connectivity index (χ0v) is 9.76. The van der Waals surface area contributed by atoms with Crippen LogP contribution in [0.4, 0.5) is 0 Å². The quantitative estimate of drug-likeness (QED) is 0.227. The molecule has 92 valence electrons. The standard InChI is InChI=1S/C8H11N5O3S/c1-17-8-10-2-4(7(16)12-8)6(15)5(14)3-11-13-9/h2,5-6,14-15H,3H2,1H3,(H,10,12,16). The molecule has 0 aliphatic rings. The lowest BCUT2D eigenvalue weighted by molar-refractivity contribution is 0.0232. The Morgan fingerprint density at radius 1 is 1.71 bits per heavy atom. The van der Waals surface area contributed by atoms with Crippen molar-refractivity contribution in [2.24, 2.45) is 5.11 Å². The van der Waals surface area contributed by atoms with Crippen molar-refractivity contribution >= 4 is 11.8 Å². The van der Waals surface area contributed by atoms with Crippen molar-refractivity contribution in [2.45, 2.75) is 17.4 Å².